The number of rotatable bonds is 6. The Morgan fingerprint density at radius 1 is 0.737 bits per heavy atom. The predicted molar refractivity (Wildman–Crippen MR) is 73.4 cm³/mol. The van der Waals surface area contributed by atoms with Crippen molar-refractivity contribution in [2.24, 2.45) is 0 Å². The fourth-order valence-corrected chi connectivity index (χ4v) is 9.15. The van der Waals surface area contributed by atoms with E-state index in [1.54, 1.807) is 14.2 Å². The Balaban J connectivity index is 1.96. The van der Waals surface area contributed by atoms with Gasteiger partial charge in [0.1, 0.15) is 0 Å². The summed E-state index contributed by atoms with van der Waals surface area (Å²) in [5.41, 5.74) is 2.73. The minimum absolute atomic E-state index is 0.981. The van der Waals surface area contributed by atoms with Crippen LogP contribution < -0.4 is 9.47 Å². The fourth-order valence-electron chi connectivity index (χ4n) is 2.29. The minimum atomic E-state index is -0.981. The van der Waals surface area contributed by atoms with Crippen LogP contribution in [0, 0.1) is 0 Å². The fraction of sp³-hybridized carbons (Fsp3) is 0.250. The van der Waals surface area contributed by atoms with Gasteiger partial charge in [-0.15, -0.1) is 0 Å². The molecule has 0 N–H and O–H groups in total. The van der Waals surface area contributed by atoms with Crippen LogP contribution in [0.2, 0.25) is 0 Å². The monoisotopic (exact) mass is 444 g/mol. The molecule has 0 unspecified atom stereocenters. The molecule has 0 aliphatic heterocycles. The Kier molecular flexibility index (Phi) is 5.71. The standard InChI is InChI=1S/2C8H9O.Hg/c2*1-7-5-3-4-6-8(7)9-2;/h2*3-6H,1H2,2H3;. The normalized spacial score (nSPS) is 9.79. The molecule has 96 valence electrons. The zero-order valence-electron chi connectivity index (χ0n) is 11.6. The molecule has 0 atom stereocenters. The quantitative estimate of drug-likeness (QED) is 0.638. The number of hydrogen-bond donors (Lipinski definition) is 0. The molecule has 2 rings (SSSR count). The number of benzene rings is 2. The molecule has 0 aliphatic carbocycles. The first-order chi connectivity index (χ1) is 9.35. The summed E-state index contributed by atoms with van der Waals surface area (Å²) in [7, 11) is 3.49. The van der Waals surface area contributed by atoms with E-state index in [-0.39, 0.29) is 0 Å². The maximum absolute atomic E-state index is 5.40. The molecule has 0 saturated heterocycles. The van der Waals surface area contributed by atoms with Gasteiger partial charge in [-0.3, -0.25) is 0 Å². The molecule has 2 aromatic carbocycles. The van der Waals surface area contributed by atoms with E-state index in [9.17, 15) is 0 Å². The summed E-state index contributed by atoms with van der Waals surface area (Å²) in [6.45, 7) is 0. The zero-order valence-corrected chi connectivity index (χ0v) is 17.1. The van der Waals surface area contributed by atoms with Gasteiger partial charge in [-0.25, -0.2) is 0 Å². The van der Waals surface area contributed by atoms with Crippen LogP contribution in [0.1, 0.15) is 11.1 Å². The van der Waals surface area contributed by atoms with Gasteiger partial charge in [-0.05, 0) is 0 Å². The van der Waals surface area contributed by atoms with E-state index in [0.29, 0.717) is 0 Å². The van der Waals surface area contributed by atoms with Crippen molar-refractivity contribution in [2.45, 2.75) is 7.86 Å². The topological polar surface area (TPSA) is 18.5 Å². The average Bonchev–Trinajstić information content (AvgIpc) is 2.48. The molecule has 19 heavy (non-hydrogen) atoms. The van der Waals surface area contributed by atoms with Crippen molar-refractivity contribution in [2.75, 3.05) is 14.2 Å². The zero-order chi connectivity index (χ0) is 13.5. The Morgan fingerprint density at radius 3 is 1.58 bits per heavy atom. The third-order valence-corrected chi connectivity index (χ3v) is 10.2. The van der Waals surface area contributed by atoms with Crippen LogP contribution in [0.5, 0.6) is 11.5 Å². The molecule has 0 aromatic heterocycles. The second kappa shape index (κ2) is 7.54. The first-order valence-electron chi connectivity index (χ1n) is 6.59. The number of para-hydroxylation sites is 2. The van der Waals surface area contributed by atoms with E-state index in [1.807, 2.05) is 24.3 Å². The third kappa shape index (κ3) is 3.97. The van der Waals surface area contributed by atoms with Crippen molar-refractivity contribution >= 4 is 0 Å². The van der Waals surface area contributed by atoms with Crippen LogP contribution in [0.4, 0.5) is 0 Å². The van der Waals surface area contributed by atoms with Crippen LogP contribution >= 0.6 is 0 Å². The van der Waals surface area contributed by atoms with Crippen LogP contribution in [0.3, 0.4) is 0 Å². The van der Waals surface area contributed by atoms with Crippen molar-refractivity contribution in [1.82, 2.24) is 0 Å². The van der Waals surface area contributed by atoms with Gasteiger partial charge < -0.3 is 0 Å². The number of methoxy groups -OCH3 is 2. The van der Waals surface area contributed by atoms with E-state index in [2.05, 4.69) is 24.3 Å². The summed E-state index contributed by atoms with van der Waals surface area (Å²) in [5.74, 6) is 2.06. The van der Waals surface area contributed by atoms with Gasteiger partial charge in [0.05, 0.1) is 0 Å². The molecular formula is C16H18HgO2. The van der Waals surface area contributed by atoms with Gasteiger partial charge in [-0.2, -0.15) is 0 Å². The molecule has 0 heterocycles. The van der Waals surface area contributed by atoms with Gasteiger partial charge in [0.15, 0.2) is 0 Å². The van der Waals surface area contributed by atoms with Crippen LogP contribution in [0.15, 0.2) is 48.5 Å². The first kappa shape index (κ1) is 14.4. The van der Waals surface area contributed by atoms with Crippen molar-refractivity contribution in [1.29, 1.82) is 0 Å². The SMILES string of the molecule is COc1ccccc1[CH2][Hg][CH2]c1ccccc1OC. The first-order valence-corrected chi connectivity index (χ1v) is 14.4. The van der Waals surface area contributed by atoms with Gasteiger partial charge >= 0.3 is 127 Å². The molecule has 0 bridgehead atoms. The van der Waals surface area contributed by atoms with Crippen molar-refractivity contribution in [3.8, 4) is 11.5 Å². The number of ether oxygens (including phenoxy) is 2. The summed E-state index contributed by atoms with van der Waals surface area (Å²) in [6, 6.07) is 16.7. The van der Waals surface area contributed by atoms with Crippen LogP contribution in [-0.4, -0.2) is 14.2 Å². The number of hydrogen-bond acceptors (Lipinski definition) is 2. The molecule has 0 fully saturated rings. The van der Waals surface area contributed by atoms with E-state index in [1.165, 1.54) is 19.0 Å². The Labute approximate surface area is 127 Å². The third-order valence-electron chi connectivity index (χ3n) is 3.28. The summed E-state index contributed by atoms with van der Waals surface area (Å²) >= 11 is -0.981. The Hall–Kier alpha value is -1.02. The van der Waals surface area contributed by atoms with Gasteiger partial charge in [0.2, 0.25) is 0 Å². The molecule has 0 aliphatic rings. The summed E-state index contributed by atoms with van der Waals surface area (Å²) in [5, 5.41) is 0. The molecule has 0 spiro atoms. The summed E-state index contributed by atoms with van der Waals surface area (Å²) < 4.78 is 13.3. The van der Waals surface area contributed by atoms with Crippen LogP contribution in [0.25, 0.3) is 0 Å². The maximum atomic E-state index is 5.40. The molecule has 2 nitrogen and oxygen atoms in total. The Bertz CT molecular complexity index is 478. The van der Waals surface area contributed by atoms with Gasteiger partial charge in [0.25, 0.3) is 0 Å². The summed E-state index contributed by atoms with van der Waals surface area (Å²) in [6.07, 6.45) is 0. The van der Waals surface area contributed by atoms with Crippen LogP contribution in [-0.2, 0) is 32.4 Å². The predicted octanol–water partition coefficient (Wildman–Crippen LogP) is 3.49. The second-order valence-electron chi connectivity index (χ2n) is 4.48. The average molecular weight is 443 g/mol. The molecule has 0 amide bonds. The van der Waals surface area contributed by atoms with E-state index < -0.39 is 24.6 Å². The van der Waals surface area contributed by atoms with Crippen molar-refractivity contribution in [3.05, 3.63) is 59.7 Å². The molecule has 2 aromatic rings. The summed E-state index contributed by atoms with van der Waals surface area (Å²) in [4.78, 5) is 0. The van der Waals surface area contributed by atoms with Gasteiger partial charge in [-0.1, -0.05) is 0 Å². The van der Waals surface area contributed by atoms with Crippen molar-refractivity contribution < 1.29 is 34.0 Å². The molecule has 3 heteroatoms. The van der Waals surface area contributed by atoms with Crippen molar-refractivity contribution in [3.63, 3.8) is 0 Å². The van der Waals surface area contributed by atoms with E-state index >= 15 is 0 Å². The van der Waals surface area contributed by atoms with E-state index in [4.69, 9.17) is 9.47 Å². The second-order valence-corrected chi connectivity index (χ2v) is 11.1. The Morgan fingerprint density at radius 2 is 1.16 bits per heavy atom. The molecular weight excluding hydrogens is 425 g/mol. The van der Waals surface area contributed by atoms with E-state index in [0.717, 1.165) is 11.5 Å². The van der Waals surface area contributed by atoms with Gasteiger partial charge in [0, 0.05) is 0 Å². The molecule has 0 radical (unpaired) electrons. The molecule has 0 saturated carbocycles.